The molecule has 0 fully saturated rings. The van der Waals surface area contributed by atoms with E-state index in [-0.39, 0.29) is 6.61 Å². The second-order valence-electron chi connectivity index (χ2n) is 4.00. The molecule has 4 heteroatoms. The van der Waals surface area contributed by atoms with Gasteiger partial charge in [-0.3, -0.25) is 0 Å². The summed E-state index contributed by atoms with van der Waals surface area (Å²) in [7, 11) is 0. The van der Waals surface area contributed by atoms with Gasteiger partial charge in [-0.05, 0) is 18.4 Å². The molecule has 0 aliphatic heterocycles. The first-order valence-electron chi connectivity index (χ1n) is 5.62. The number of aromatic nitrogens is 1. The van der Waals surface area contributed by atoms with Crippen LogP contribution in [-0.4, -0.2) is 16.7 Å². The topological polar surface area (TPSA) is 72.3 Å². The highest BCUT2D eigenvalue weighted by Gasteiger charge is 2.33. The minimum Gasteiger partial charge on any atom is -0.447 e. The smallest absolute Gasteiger partial charge is 0.218 e. The van der Waals surface area contributed by atoms with Gasteiger partial charge in [-0.2, -0.15) is 0 Å². The summed E-state index contributed by atoms with van der Waals surface area (Å²) in [6.07, 6.45) is 4.29. The maximum Gasteiger partial charge on any atom is 0.218 e. The average Bonchev–Trinajstić information content (AvgIpc) is 2.91. The van der Waals surface area contributed by atoms with Crippen molar-refractivity contribution in [2.45, 2.75) is 18.4 Å². The number of aliphatic hydroxyl groups excluding tert-OH is 1. The number of nitrogens with zero attached hydrogens (tertiary/aromatic N) is 1. The van der Waals surface area contributed by atoms with Crippen LogP contribution in [0, 0.1) is 0 Å². The Morgan fingerprint density at radius 2 is 2.06 bits per heavy atom. The molecule has 0 amide bonds. The van der Waals surface area contributed by atoms with E-state index in [2.05, 4.69) is 4.98 Å². The minimum atomic E-state index is -0.770. The molecule has 1 heterocycles. The van der Waals surface area contributed by atoms with Crippen molar-refractivity contribution in [2.75, 3.05) is 6.61 Å². The Kier molecular flexibility index (Phi) is 3.56. The normalized spacial score (nSPS) is 14.5. The van der Waals surface area contributed by atoms with Gasteiger partial charge in [0.2, 0.25) is 5.89 Å². The average molecular weight is 232 g/mol. The number of hydrogen-bond donors (Lipinski definition) is 2. The van der Waals surface area contributed by atoms with E-state index < -0.39 is 5.54 Å². The van der Waals surface area contributed by atoms with Crippen LogP contribution >= 0.6 is 0 Å². The van der Waals surface area contributed by atoms with Crippen LogP contribution in [0.5, 0.6) is 0 Å². The molecule has 0 saturated carbocycles. The third-order valence-electron chi connectivity index (χ3n) is 2.83. The van der Waals surface area contributed by atoms with Crippen molar-refractivity contribution in [1.82, 2.24) is 4.98 Å². The number of nitrogens with two attached hydrogens (primary N) is 1. The van der Waals surface area contributed by atoms with Crippen molar-refractivity contribution in [3.05, 3.63) is 54.2 Å². The monoisotopic (exact) mass is 232 g/mol. The number of aliphatic hydroxyl groups is 1. The third-order valence-corrected chi connectivity index (χ3v) is 2.83. The zero-order valence-electron chi connectivity index (χ0n) is 9.54. The minimum absolute atomic E-state index is 0.104. The van der Waals surface area contributed by atoms with Crippen LogP contribution in [0.2, 0.25) is 0 Å². The molecule has 1 aromatic carbocycles. The van der Waals surface area contributed by atoms with Gasteiger partial charge in [0.1, 0.15) is 11.8 Å². The quantitative estimate of drug-likeness (QED) is 0.822. The molecule has 0 aliphatic rings. The standard InChI is InChI=1S/C13H16N2O2/c14-13(7-4-9-16,12-15-8-10-17-12)11-5-2-1-3-6-11/h1-3,5-6,8,10,16H,4,7,9,14H2. The molecule has 3 N–H and O–H groups in total. The van der Waals surface area contributed by atoms with Gasteiger partial charge in [0.25, 0.3) is 0 Å². The van der Waals surface area contributed by atoms with E-state index in [1.807, 2.05) is 30.3 Å². The van der Waals surface area contributed by atoms with Crippen molar-refractivity contribution >= 4 is 0 Å². The number of benzene rings is 1. The number of rotatable bonds is 5. The Balaban J connectivity index is 2.37. The summed E-state index contributed by atoms with van der Waals surface area (Å²) in [6, 6.07) is 9.69. The number of hydrogen-bond acceptors (Lipinski definition) is 4. The van der Waals surface area contributed by atoms with Crippen LogP contribution in [0.4, 0.5) is 0 Å². The van der Waals surface area contributed by atoms with Crippen LogP contribution in [0.15, 0.2) is 47.2 Å². The summed E-state index contributed by atoms with van der Waals surface area (Å²) in [5, 5.41) is 8.97. The zero-order valence-corrected chi connectivity index (χ0v) is 9.54. The maximum absolute atomic E-state index is 8.97. The van der Waals surface area contributed by atoms with E-state index in [4.69, 9.17) is 15.3 Å². The van der Waals surface area contributed by atoms with Crippen molar-refractivity contribution < 1.29 is 9.52 Å². The van der Waals surface area contributed by atoms with Gasteiger partial charge in [-0.15, -0.1) is 0 Å². The summed E-state index contributed by atoms with van der Waals surface area (Å²) in [6.45, 7) is 0.104. The van der Waals surface area contributed by atoms with Crippen LogP contribution in [0.3, 0.4) is 0 Å². The molecule has 90 valence electrons. The Bertz CT molecular complexity index is 442. The van der Waals surface area contributed by atoms with Crippen LogP contribution in [0.25, 0.3) is 0 Å². The lowest BCUT2D eigenvalue weighted by atomic mass is 9.86. The molecule has 1 atom stereocenters. The fraction of sp³-hybridized carbons (Fsp3) is 0.308. The highest BCUT2D eigenvalue weighted by atomic mass is 16.3. The summed E-state index contributed by atoms with van der Waals surface area (Å²) < 4.78 is 5.33. The first-order chi connectivity index (χ1) is 8.27. The van der Waals surface area contributed by atoms with E-state index in [1.165, 1.54) is 6.26 Å². The fourth-order valence-electron chi connectivity index (χ4n) is 1.91. The molecule has 1 unspecified atom stereocenters. The van der Waals surface area contributed by atoms with Crippen molar-refractivity contribution in [3.63, 3.8) is 0 Å². The molecule has 2 aromatic rings. The largest absolute Gasteiger partial charge is 0.447 e. The van der Waals surface area contributed by atoms with Gasteiger partial charge in [-0.1, -0.05) is 30.3 Å². The summed E-state index contributed by atoms with van der Waals surface area (Å²) in [5.74, 6) is 0.483. The Labute approximate surface area is 100 Å². The van der Waals surface area contributed by atoms with Crippen LogP contribution < -0.4 is 5.73 Å². The molecule has 4 nitrogen and oxygen atoms in total. The van der Waals surface area contributed by atoms with Gasteiger partial charge in [0.15, 0.2) is 0 Å². The fourth-order valence-corrected chi connectivity index (χ4v) is 1.91. The Hall–Kier alpha value is -1.65. The van der Waals surface area contributed by atoms with Gasteiger partial charge in [0, 0.05) is 6.61 Å². The van der Waals surface area contributed by atoms with Crippen LogP contribution in [-0.2, 0) is 5.54 Å². The summed E-state index contributed by atoms with van der Waals surface area (Å²) in [5.41, 5.74) is 6.57. The first-order valence-corrected chi connectivity index (χ1v) is 5.62. The molecule has 0 radical (unpaired) electrons. The lowest BCUT2D eigenvalue weighted by molar-refractivity contribution is 0.258. The predicted octanol–water partition coefficient (Wildman–Crippen LogP) is 1.65. The lowest BCUT2D eigenvalue weighted by Gasteiger charge is -2.26. The number of oxazole rings is 1. The first kappa shape index (κ1) is 11.8. The molecule has 0 bridgehead atoms. The lowest BCUT2D eigenvalue weighted by Crippen LogP contribution is -2.38. The molecule has 17 heavy (non-hydrogen) atoms. The molecular formula is C13H16N2O2. The molecule has 2 rings (SSSR count). The maximum atomic E-state index is 8.97. The van der Waals surface area contributed by atoms with Crippen molar-refractivity contribution in [2.24, 2.45) is 5.73 Å². The molecular weight excluding hydrogens is 216 g/mol. The van der Waals surface area contributed by atoms with Gasteiger partial charge < -0.3 is 15.3 Å². The molecule has 0 spiro atoms. The highest BCUT2D eigenvalue weighted by Crippen LogP contribution is 2.30. The molecule has 0 saturated heterocycles. The Morgan fingerprint density at radius 3 is 2.65 bits per heavy atom. The summed E-state index contributed by atoms with van der Waals surface area (Å²) >= 11 is 0. The second-order valence-corrected chi connectivity index (χ2v) is 4.00. The highest BCUT2D eigenvalue weighted by molar-refractivity contribution is 5.30. The van der Waals surface area contributed by atoms with E-state index in [0.29, 0.717) is 18.7 Å². The van der Waals surface area contributed by atoms with E-state index >= 15 is 0 Å². The van der Waals surface area contributed by atoms with Gasteiger partial charge in [0.05, 0.1) is 6.20 Å². The van der Waals surface area contributed by atoms with Gasteiger partial charge >= 0.3 is 0 Å². The SMILES string of the molecule is NC(CCCO)(c1ccccc1)c1ncco1. The molecule has 0 aliphatic carbocycles. The predicted molar refractivity (Wildman–Crippen MR) is 64.2 cm³/mol. The van der Waals surface area contributed by atoms with Crippen molar-refractivity contribution in [1.29, 1.82) is 0 Å². The Morgan fingerprint density at radius 1 is 1.29 bits per heavy atom. The molecule has 1 aromatic heterocycles. The third kappa shape index (κ3) is 2.38. The second kappa shape index (κ2) is 5.12. The van der Waals surface area contributed by atoms with Gasteiger partial charge in [-0.25, -0.2) is 4.98 Å². The van der Waals surface area contributed by atoms with E-state index in [9.17, 15) is 0 Å². The zero-order chi connectivity index (χ0) is 12.1. The van der Waals surface area contributed by atoms with E-state index in [0.717, 1.165) is 5.56 Å². The van der Waals surface area contributed by atoms with E-state index in [1.54, 1.807) is 6.20 Å². The summed E-state index contributed by atoms with van der Waals surface area (Å²) in [4.78, 5) is 4.14. The van der Waals surface area contributed by atoms with Crippen molar-refractivity contribution in [3.8, 4) is 0 Å². The van der Waals surface area contributed by atoms with Crippen LogP contribution in [0.1, 0.15) is 24.3 Å².